The number of rotatable bonds is 4. The Morgan fingerprint density at radius 3 is 2.48 bits per heavy atom. The highest BCUT2D eigenvalue weighted by Crippen LogP contribution is 2.27. The lowest BCUT2D eigenvalue weighted by molar-refractivity contribution is 0.429. The third-order valence-electron chi connectivity index (χ3n) is 4.13. The average Bonchev–Trinajstić information content (AvgIpc) is 2.66. The summed E-state index contributed by atoms with van der Waals surface area (Å²) in [5.74, 6) is -0.259. The van der Waals surface area contributed by atoms with Crippen LogP contribution in [0, 0.1) is 18.2 Å². The van der Waals surface area contributed by atoms with Crippen molar-refractivity contribution in [2.45, 2.75) is 26.8 Å². The second-order valence-electron chi connectivity index (χ2n) is 5.78. The van der Waals surface area contributed by atoms with Gasteiger partial charge in [-0.15, -0.1) is 0 Å². The van der Waals surface area contributed by atoms with Crippen LogP contribution in [0.4, 0.5) is 15.8 Å². The zero-order valence-electron chi connectivity index (χ0n) is 15.1. The van der Waals surface area contributed by atoms with Crippen molar-refractivity contribution in [3.05, 3.63) is 58.9 Å². The summed E-state index contributed by atoms with van der Waals surface area (Å²) in [6.07, 6.45) is 1.35. The number of hydrogen-bond donors (Lipinski definition) is 4. The van der Waals surface area contributed by atoms with Crippen LogP contribution in [-0.2, 0) is 0 Å². The minimum absolute atomic E-state index is 0.259. The summed E-state index contributed by atoms with van der Waals surface area (Å²) in [7, 11) is 0. The quantitative estimate of drug-likeness (QED) is 0.632. The molecule has 2 aromatic rings. The zero-order valence-corrected chi connectivity index (χ0v) is 15.1. The van der Waals surface area contributed by atoms with Crippen molar-refractivity contribution in [1.29, 1.82) is 5.41 Å². The van der Waals surface area contributed by atoms with Crippen LogP contribution in [0.15, 0.2) is 36.4 Å². The summed E-state index contributed by atoms with van der Waals surface area (Å²) in [6, 6.07) is 10.6. The maximum Gasteiger partial charge on any atom is 0.123 e. The first-order valence-corrected chi connectivity index (χ1v) is 8.79. The maximum absolute atomic E-state index is 13.0. The highest BCUT2D eigenvalue weighted by atomic mass is 19.1. The van der Waals surface area contributed by atoms with E-state index in [9.17, 15) is 4.39 Å². The molecular weight excluding hydrogens is 315 g/mol. The van der Waals surface area contributed by atoms with Crippen LogP contribution in [0.2, 0.25) is 0 Å². The Bertz CT molecular complexity index is 692. The van der Waals surface area contributed by atoms with Gasteiger partial charge in [0.1, 0.15) is 5.82 Å². The molecule has 0 amide bonds. The predicted octanol–water partition coefficient (Wildman–Crippen LogP) is 4.14. The molecule has 25 heavy (non-hydrogen) atoms. The first kappa shape index (κ1) is 19.1. The highest BCUT2D eigenvalue weighted by molar-refractivity contribution is 5.88. The van der Waals surface area contributed by atoms with E-state index >= 15 is 0 Å². The van der Waals surface area contributed by atoms with Crippen molar-refractivity contribution in [2.75, 3.05) is 25.0 Å². The van der Waals surface area contributed by atoms with Gasteiger partial charge in [-0.05, 0) is 54.4 Å². The van der Waals surface area contributed by atoms with E-state index in [1.165, 1.54) is 29.5 Å². The lowest BCUT2D eigenvalue weighted by Gasteiger charge is -2.27. The fourth-order valence-electron chi connectivity index (χ4n) is 2.91. The molecular formula is C20H27FN4. The SMILES string of the molecule is CC.Cc1cc(Nc2ccc(F)cc2)c(C=N)cc1C1CNCCN1. The van der Waals surface area contributed by atoms with Gasteiger partial charge >= 0.3 is 0 Å². The first-order chi connectivity index (χ1) is 12.2. The maximum atomic E-state index is 13.0. The van der Waals surface area contributed by atoms with Crippen LogP contribution in [-0.4, -0.2) is 25.8 Å². The van der Waals surface area contributed by atoms with Crippen LogP contribution in [0.25, 0.3) is 0 Å². The molecule has 4 nitrogen and oxygen atoms in total. The number of piperazine rings is 1. The van der Waals surface area contributed by atoms with Gasteiger partial charge in [-0.2, -0.15) is 0 Å². The summed E-state index contributed by atoms with van der Waals surface area (Å²) in [5.41, 5.74) is 4.86. The molecule has 1 fully saturated rings. The molecule has 0 aromatic heterocycles. The molecule has 0 saturated carbocycles. The van der Waals surface area contributed by atoms with Gasteiger partial charge in [-0.25, -0.2) is 4.39 Å². The molecule has 1 atom stereocenters. The van der Waals surface area contributed by atoms with Gasteiger partial charge in [0, 0.05) is 48.8 Å². The summed E-state index contributed by atoms with van der Waals surface area (Å²) >= 11 is 0. The average molecular weight is 342 g/mol. The van der Waals surface area contributed by atoms with E-state index in [0.29, 0.717) is 0 Å². The van der Waals surface area contributed by atoms with E-state index in [1.807, 2.05) is 13.8 Å². The van der Waals surface area contributed by atoms with Gasteiger partial charge in [0.05, 0.1) is 0 Å². The second-order valence-corrected chi connectivity index (χ2v) is 5.78. The largest absolute Gasteiger partial charge is 0.355 e. The van der Waals surface area contributed by atoms with E-state index in [-0.39, 0.29) is 11.9 Å². The number of hydrogen-bond acceptors (Lipinski definition) is 4. The molecule has 1 aliphatic rings. The summed E-state index contributed by atoms with van der Waals surface area (Å²) in [4.78, 5) is 0. The predicted molar refractivity (Wildman–Crippen MR) is 104 cm³/mol. The Kier molecular flexibility index (Phi) is 7.10. The van der Waals surface area contributed by atoms with Gasteiger partial charge in [-0.1, -0.05) is 13.8 Å². The number of aryl methyl sites for hydroxylation is 1. The third kappa shape index (κ3) is 4.87. The number of benzene rings is 2. The van der Waals surface area contributed by atoms with Gasteiger partial charge < -0.3 is 21.4 Å². The monoisotopic (exact) mass is 342 g/mol. The molecule has 134 valence electrons. The summed E-state index contributed by atoms with van der Waals surface area (Å²) in [6.45, 7) is 8.90. The smallest absolute Gasteiger partial charge is 0.123 e. The highest BCUT2D eigenvalue weighted by Gasteiger charge is 2.18. The van der Waals surface area contributed by atoms with Crippen LogP contribution in [0.5, 0.6) is 0 Å². The Hall–Kier alpha value is -2.24. The van der Waals surface area contributed by atoms with Gasteiger partial charge in [0.15, 0.2) is 0 Å². The van der Waals surface area contributed by atoms with E-state index in [1.54, 1.807) is 12.1 Å². The normalized spacial score (nSPS) is 16.6. The van der Waals surface area contributed by atoms with E-state index in [2.05, 4.69) is 35.0 Å². The van der Waals surface area contributed by atoms with Crippen molar-refractivity contribution >= 4 is 17.6 Å². The fourth-order valence-corrected chi connectivity index (χ4v) is 2.91. The molecule has 1 heterocycles. The number of nitrogens with one attached hydrogen (secondary N) is 4. The van der Waals surface area contributed by atoms with Gasteiger partial charge in [0.25, 0.3) is 0 Å². The summed E-state index contributed by atoms with van der Waals surface area (Å²) < 4.78 is 13.0. The van der Waals surface area contributed by atoms with E-state index in [0.717, 1.165) is 36.6 Å². The Balaban J connectivity index is 0.00000109. The topological polar surface area (TPSA) is 59.9 Å². The van der Waals surface area contributed by atoms with Crippen molar-refractivity contribution in [3.8, 4) is 0 Å². The van der Waals surface area contributed by atoms with E-state index < -0.39 is 0 Å². The first-order valence-electron chi connectivity index (χ1n) is 8.79. The van der Waals surface area contributed by atoms with Crippen molar-refractivity contribution < 1.29 is 4.39 Å². The minimum Gasteiger partial charge on any atom is -0.355 e. The summed E-state index contributed by atoms with van der Waals surface area (Å²) in [5, 5.41) is 17.9. The number of anilines is 2. The van der Waals surface area contributed by atoms with Crippen molar-refractivity contribution in [2.24, 2.45) is 0 Å². The van der Waals surface area contributed by atoms with Crippen LogP contribution in [0.3, 0.4) is 0 Å². The molecule has 1 unspecified atom stereocenters. The number of halogens is 1. The minimum atomic E-state index is -0.259. The lowest BCUT2D eigenvalue weighted by Crippen LogP contribution is -2.42. The molecule has 1 aliphatic heterocycles. The fraction of sp³-hybridized carbons (Fsp3) is 0.350. The molecule has 5 heteroatoms. The Morgan fingerprint density at radius 2 is 1.88 bits per heavy atom. The van der Waals surface area contributed by atoms with Crippen molar-refractivity contribution in [3.63, 3.8) is 0 Å². The Morgan fingerprint density at radius 1 is 1.16 bits per heavy atom. The van der Waals surface area contributed by atoms with Crippen LogP contribution < -0.4 is 16.0 Å². The van der Waals surface area contributed by atoms with E-state index in [4.69, 9.17) is 5.41 Å². The standard InChI is InChI=1S/C18H21FN4.C2H6/c1-12-8-17(23-15-4-2-14(19)3-5-15)13(10-20)9-16(12)18-11-21-6-7-22-18;1-2/h2-5,8-10,18,20-23H,6-7,11H2,1H3;1-2H3. The molecule has 0 radical (unpaired) electrons. The van der Waals surface area contributed by atoms with Gasteiger partial charge in [-0.3, -0.25) is 0 Å². The lowest BCUT2D eigenvalue weighted by atomic mass is 9.96. The molecule has 4 N–H and O–H groups in total. The van der Waals surface area contributed by atoms with Crippen LogP contribution in [0.1, 0.15) is 36.6 Å². The van der Waals surface area contributed by atoms with Crippen LogP contribution >= 0.6 is 0 Å². The van der Waals surface area contributed by atoms with Gasteiger partial charge in [0.2, 0.25) is 0 Å². The second kappa shape index (κ2) is 9.30. The molecule has 0 bridgehead atoms. The zero-order chi connectivity index (χ0) is 18.2. The Labute approximate surface area is 149 Å². The molecule has 1 saturated heterocycles. The van der Waals surface area contributed by atoms with Crippen molar-refractivity contribution in [1.82, 2.24) is 10.6 Å². The molecule has 2 aromatic carbocycles. The molecule has 0 spiro atoms. The molecule has 0 aliphatic carbocycles. The third-order valence-corrected chi connectivity index (χ3v) is 4.13. The molecule has 3 rings (SSSR count).